The van der Waals surface area contributed by atoms with Gasteiger partial charge in [0.25, 0.3) is 5.91 Å². The normalized spacial score (nSPS) is 24.4. The predicted octanol–water partition coefficient (Wildman–Crippen LogP) is 0.803. The predicted molar refractivity (Wildman–Crippen MR) is 124 cm³/mol. The highest BCUT2D eigenvalue weighted by Gasteiger charge is 2.44. The molecular weight excluding hydrogens is 456 g/mol. The van der Waals surface area contributed by atoms with Crippen LogP contribution in [0.5, 0.6) is 5.75 Å². The van der Waals surface area contributed by atoms with Crippen LogP contribution in [0.25, 0.3) is 5.76 Å². The molecule has 178 valence electrons. The summed E-state index contributed by atoms with van der Waals surface area (Å²) in [4.78, 5) is 29.2. The van der Waals surface area contributed by atoms with Gasteiger partial charge in [0.05, 0.1) is 32.3 Å². The van der Waals surface area contributed by atoms with Crippen LogP contribution in [-0.4, -0.2) is 62.1 Å². The second kappa shape index (κ2) is 9.41. The Balaban J connectivity index is 1.53. The summed E-state index contributed by atoms with van der Waals surface area (Å²) in [5.41, 5.74) is 1.96. The highest BCUT2D eigenvalue weighted by molar-refractivity contribution is 6.46. The molecule has 5 rings (SSSR count). The fraction of sp³-hybridized carbons (Fsp3) is 0.385. The van der Waals surface area contributed by atoms with E-state index < -0.39 is 23.5 Å². The third-order valence-corrected chi connectivity index (χ3v) is 6.99. The molecule has 0 saturated carbocycles. The van der Waals surface area contributed by atoms with Gasteiger partial charge >= 0.3 is 0 Å². The van der Waals surface area contributed by atoms with Crippen molar-refractivity contribution in [1.29, 1.82) is 0 Å². The van der Waals surface area contributed by atoms with Gasteiger partial charge in [-0.1, -0.05) is 35.6 Å². The van der Waals surface area contributed by atoms with Crippen molar-refractivity contribution in [3.05, 3.63) is 69.8 Å². The average Bonchev–Trinajstić information content (AvgIpc) is 3.33. The first kappa shape index (κ1) is 22.9. The number of rotatable bonds is 5. The zero-order chi connectivity index (χ0) is 23.8. The van der Waals surface area contributed by atoms with Crippen molar-refractivity contribution in [1.82, 2.24) is 4.90 Å². The molecule has 34 heavy (non-hydrogen) atoms. The van der Waals surface area contributed by atoms with Crippen LogP contribution in [-0.2, 0) is 20.7 Å². The number of fused-ring (bicyclic) bond motifs is 1. The summed E-state index contributed by atoms with van der Waals surface area (Å²) < 4.78 is 11.2. The van der Waals surface area contributed by atoms with Crippen LogP contribution >= 0.6 is 11.6 Å². The quantitative estimate of drug-likeness (QED) is 0.387. The largest absolute Gasteiger partial charge is 0.872 e. The molecule has 0 aliphatic carbocycles. The molecule has 3 aliphatic heterocycles. The van der Waals surface area contributed by atoms with Gasteiger partial charge in [0.2, 0.25) is 5.78 Å². The van der Waals surface area contributed by atoms with Crippen LogP contribution in [0.4, 0.5) is 0 Å². The molecule has 3 heterocycles. The molecule has 7 nitrogen and oxygen atoms in total. The number of likely N-dealkylation sites (tertiary alicyclic amines) is 1. The number of morpholine rings is 1. The Bertz CT molecular complexity index is 1160. The molecule has 2 aromatic rings. The number of ketones is 1. The maximum absolute atomic E-state index is 13.7. The number of nitrogens with one attached hydrogen (secondary N) is 1. The fourth-order valence-electron chi connectivity index (χ4n) is 5.03. The molecule has 1 amide bonds. The van der Waals surface area contributed by atoms with E-state index in [1.165, 1.54) is 9.80 Å². The molecular formula is C26H27ClN2O5. The topological polar surface area (TPSA) is 83.3 Å². The first-order chi connectivity index (χ1) is 16.4. The molecule has 2 aromatic carbocycles. The van der Waals surface area contributed by atoms with Gasteiger partial charge in [0.1, 0.15) is 24.9 Å². The summed E-state index contributed by atoms with van der Waals surface area (Å²) >= 11 is 6.25. The second-order valence-electron chi connectivity index (χ2n) is 9.10. The number of halogens is 1. The van der Waals surface area contributed by atoms with E-state index in [0.717, 1.165) is 24.4 Å². The van der Waals surface area contributed by atoms with E-state index in [-0.39, 0.29) is 11.7 Å². The minimum atomic E-state index is -0.768. The van der Waals surface area contributed by atoms with E-state index in [1.807, 2.05) is 13.0 Å². The average molecular weight is 483 g/mol. The lowest BCUT2D eigenvalue weighted by Gasteiger charge is -2.30. The molecule has 2 atom stereocenters. The van der Waals surface area contributed by atoms with Crippen molar-refractivity contribution in [3.8, 4) is 5.75 Å². The van der Waals surface area contributed by atoms with E-state index in [0.29, 0.717) is 48.9 Å². The van der Waals surface area contributed by atoms with Gasteiger partial charge in [0.15, 0.2) is 0 Å². The maximum atomic E-state index is 13.7. The van der Waals surface area contributed by atoms with Crippen molar-refractivity contribution in [2.24, 2.45) is 0 Å². The Kier molecular flexibility index (Phi) is 6.34. The number of carbonyl (C=O) groups is 2. The van der Waals surface area contributed by atoms with Crippen molar-refractivity contribution < 1.29 is 29.1 Å². The molecule has 2 saturated heterocycles. The summed E-state index contributed by atoms with van der Waals surface area (Å²) in [5, 5.41) is 14.2. The van der Waals surface area contributed by atoms with Gasteiger partial charge in [-0.05, 0) is 47.9 Å². The minimum Gasteiger partial charge on any atom is -0.872 e. The van der Waals surface area contributed by atoms with Gasteiger partial charge < -0.3 is 24.4 Å². The SMILES string of the molecule is CC1Cc2cc(/C([O-])=C3\C(=O)C(=O)N(CC[NH+]4CCOCC4)C3c3cccc(Cl)c3)ccc2O1. The molecule has 0 aromatic heterocycles. The molecule has 0 spiro atoms. The number of Topliss-reactive ketones (excluding diaryl/α,β-unsaturated/α-hetero) is 1. The molecule has 0 radical (unpaired) electrons. The third kappa shape index (κ3) is 4.31. The molecule has 8 heteroatoms. The van der Waals surface area contributed by atoms with Gasteiger partial charge in [-0.15, -0.1) is 0 Å². The standard InChI is InChI=1S/C26H27ClN2O5/c1-16-13-19-14-18(5-6-21(19)34-16)24(30)22-23(17-3-2-4-20(27)15-17)29(26(32)25(22)31)8-7-28-9-11-33-12-10-28/h2-6,14-16,23,30H,7-13H2,1H3/b24-22+. The molecule has 3 aliphatic rings. The van der Waals surface area contributed by atoms with E-state index in [4.69, 9.17) is 21.1 Å². The van der Waals surface area contributed by atoms with Crippen LogP contribution in [0.2, 0.25) is 5.02 Å². The van der Waals surface area contributed by atoms with Crippen molar-refractivity contribution in [2.75, 3.05) is 39.4 Å². The molecule has 2 fully saturated rings. The smallest absolute Gasteiger partial charge is 0.295 e. The van der Waals surface area contributed by atoms with E-state index in [1.54, 1.807) is 36.4 Å². The summed E-state index contributed by atoms with van der Waals surface area (Å²) in [6, 6.07) is 11.5. The number of carbonyl (C=O) groups excluding carboxylic acids is 2. The van der Waals surface area contributed by atoms with Gasteiger partial charge in [-0.3, -0.25) is 9.59 Å². The fourth-order valence-corrected chi connectivity index (χ4v) is 5.23. The summed E-state index contributed by atoms with van der Waals surface area (Å²) in [6.07, 6.45) is 0.741. The summed E-state index contributed by atoms with van der Waals surface area (Å²) in [7, 11) is 0. The highest BCUT2D eigenvalue weighted by Crippen LogP contribution is 2.40. The second-order valence-corrected chi connectivity index (χ2v) is 9.53. The summed E-state index contributed by atoms with van der Waals surface area (Å²) in [6.45, 7) is 6.07. The van der Waals surface area contributed by atoms with Crippen molar-refractivity contribution >= 4 is 29.1 Å². The Hall–Kier alpha value is -2.87. The minimum absolute atomic E-state index is 0.0174. The number of hydrogen-bond acceptors (Lipinski definition) is 5. The monoisotopic (exact) mass is 482 g/mol. The zero-order valence-corrected chi connectivity index (χ0v) is 19.8. The number of ether oxygens (including phenoxy) is 2. The lowest BCUT2D eigenvalue weighted by atomic mass is 9.94. The lowest BCUT2D eigenvalue weighted by Crippen LogP contribution is -3.14. The van der Waals surface area contributed by atoms with Gasteiger partial charge in [-0.25, -0.2) is 0 Å². The van der Waals surface area contributed by atoms with Crippen molar-refractivity contribution in [3.63, 3.8) is 0 Å². The van der Waals surface area contributed by atoms with E-state index >= 15 is 0 Å². The first-order valence-corrected chi connectivity index (χ1v) is 12.0. The first-order valence-electron chi connectivity index (χ1n) is 11.7. The van der Waals surface area contributed by atoms with Crippen LogP contribution in [0.3, 0.4) is 0 Å². The van der Waals surface area contributed by atoms with Crippen LogP contribution in [0.15, 0.2) is 48.0 Å². The third-order valence-electron chi connectivity index (χ3n) is 6.76. The summed E-state index contributed by atoms with van der Waals surface area (Å²) in [5.74, 6) is -1.05. The van der Waals surface area contributed by atoms with E-state index in [2.05, 4.69) is 0 Å². The van der Waals surface area contributed by atoms with Gasteiger partial charge in [0, 0.05) is 17.0 Å². The van der Waals surface area contributed by atoms with E-state index in [9.17, 15) is 14.7 Å². The molecule has 1 N–H and O–H groups in total. The Morgan fingerprint density at radius 2 is 1.97 bits per heavy atom. The van der Waals surface area contributed by atoms with Crippen LogP contribution in [0, 0.1) is 0 Å². The highest BCUT2D eigenvalue weighted by atomic mass is 35.5. The van der Waals surface area contributed by atoms with Gasteiger partial charge in [-0.2, -0.15) is 0 Å². The van der Waals surface area contributed by atoms with Crippen LogP contribution in [0.1, 0.15) is 29.7 Å². The zero-order valence-electron chi connectivity index (χ0n) is 19.0. The van der Waals surface area contributed by atoms with Crippen molar-refractivity contribution in [2.45, 2.75) is 25.5 Å². The number of quaternary nitrogens is 1. The number of amides is 1. The number of benzene rings is 2. The molecule has 2 unspecified atom stereocenters. The number of hydrogen-bond donors (Lipinski definition) is 1. The lowest BCUT2D eigenvalue weighted by molar-refractivity contribution is -0.907. The Labute approximate surface area is 203 Å². The Morgan fingerprint density at radius 1 is 1.18 bits per heavy atom. The molecule has 0 bridgehead atoms. The Morgan fingerprint density at radius 3 is 2.74 bits per heavy atom. The number of nitrogens with zero attached hydrogens (tertiary/aromatic N) is 1. The maximum Gasteiger partial charge on any atom is 0.295 e. The van der Waals surface area contributed by atoms with Crippen LogP contribution < -0.4 is 14.7 Å².